The number of esters is 2. The van der Waals surface area contributed by atoms with E-state index in [2.05, 4.69) is 54.5 Å². The van der Waals surface area contributed by atoms with Crippen molar-refractivity contribution in [2.45, 2.75) is 106 Å². The molecule has 42 heavy (non-hydrogen) atoms. The van der Waals surface area contributed by atoms with E-state index in [4.69, 9.17) is 19.9 Å². The normalized spacial score (nSPS) is 46.8. The average molecular weight is 588 g/mol. The van der Waals surface area contributed by atoms with Crippen LogP contribution in [0.3, 0.4) is 0 Å². The Bertz CT molecular complexity index is 1170. The molecule has 0 amide bonds. The van der Waals surface area contributed by atoms with Gasteiger partial charge < -0.3 is 25.1 Å². The second kappa shape index (κ2) is 10.3. The van der Waals surface area contributed by atoms with Crippen molar-refractivity contribution in [3.05, 3.63) is 11.6 Å². The van der Waals surface area contributed by atoms with Gasteiger partial charge in [0.25, 0.3) is 0 Å². The largest absolute Gasteiger partial charge is 0.481 e. The maximum Gasteiger partial charge on any atom is 0.320 e. The minimum atomic E-state index is -0.673. The Morgan fingerprint density at radius 1 is 1.05 bits per heavy atom. The first-order valence-electron chi connectivity index (χ1n) is 16.1. The van der Waals surface area contributed by atoms with Crippen molar-refractivity contribution in [1.29, 1.82) is 0 Å². The van der Waals surface area contributed by atoms with Crippen LogP contribution in [-0.2, 0) is 28.6 Å². The SMILES string of the molecule is CC(=O)O[C@@H]1C[C@]23COC[C@@](C)([C@@H]2CC[C@H]2C3=CC[C@@]3(C)[C@H](C(=O)O)[C@@](C)([C@H](C)C(C)C)CC[C@]23C)[C@H]1OC(=O)CN. The number of rotatable bonds is 6. The number of carbonyl (C=O) groups excluding carboxylic acids is 2. The molecular weight excluding hydrogens is 534 g/mol. The van der Waals surface area contributed by atoms with Crippen molar-refractivity contribution in [2.24, 2.45) is 62.4 Å². The zero-order valence-electron chi connectivity index (χ0n) is 27.0. The topological polar surface area (TPSA) is 125 Å². The summed E-state index contributed by atoms with van der Waals surface area (Å²) in [6, 6.07) is 0. The van der Waals surface area contributed by atoms with Gasteiger partial charge in [-0.25, -0.2) is 0 Å². The average Bonchev–Trinajstić information content (AvgIpc) is 2.90. The summed E-state index contributed by atoms with van der Waals surface area (Å²) in [4.78, 5) is 38.1. The maximum atomic E-state index is 13.3. The Morgan fingerprint density at radius 2 is 1.74 bits per heavy atom. The predicted molar refractivity (Wildman–Crippen MR) is 158 cm³/mol. The van der Waals surface area contributed by atoms with E-state index in [0.717, 1.165) is 25.7 Å². The van der Waals surface area contributed by atoms with Crippen LogP contribution >= 0.6 is 0 Å². The number of carboxylic acids is 1. The molecule has 8 heteroatoms. The first kappa shape index (κ1) is 31.5. The van der Waals surface area contributed by atoms with Gasteiger partial charge in [0.2, 0.25) is 0 Å². The van der Waals surface area contributed by atoms with Crippen LogP contribution in [0.5, 0.6) is 0 Å². The number of ether oxygens (including phenoxy) is 3. The highest BCUT2D eigenvalue weighted by molar-refractivity contribution is 5.73. The summed E-state index contributed by atoms with van der Waals surface area (Å²) in [7, 11) is 0. The molecule has 0 aromatic carbocycles. The van der Waals surface area contributed by atoms with Crippen molar-refractivity contribution in [2.75, 3.05) is 19.8 Å². The summed E-state index contributed by atoms with van der Waals surface area (Å²) in [5.74, 6) is -0.968. The molecule has 3 saturated carbocycles. The Hall–Kier alpha value is -1.93. The Balaban J connectivity index is 1.61. The van der Waals surface area contributed by atoms with Crippen LogP contribution in [0.1, 0.15) is 93.9 Å². The lowest BCUT2D eigenvalue weighted by Crippen LogP contribution is -2.70. The number of carbonyl (C=O) groups is 3. The monoisotopic (exact) mass is 587 g/mol. The molecule has 1 saturated heterocycles. The molecule has 0 aromatic rings. The summed E-state index contributed by atoms with van der Waals surface area (Å²) in [5, 5.41) is 10.9. The molecule has 0 unspecified atom stereocenters. The van der Waals surface area contributed by atoms with Crippen molar-refractivity contribution in [1.82, 2.24) is 0 Å². The lowest BCUT2D eigenvalue weighted by atomic mass is 9.34. The quantitative estimate of drug-likeness (QED) is 0.314. The second-order valence-electron chi connectivity index (χ2n) is 15.8. The Morgan fingerprint density at radius 3 is 2.33 bits per heavy atom. The fourth-order valence-corrected chi connectivity index (χ4v) is 11.3. The van der Waals surface area contributed by atoms with Crippen LogP contribution in [0, 0.1) is 56.7 Å². The number of carboxylic acid groups (broad SMARTS) is 1. The molecule has 0 spiro atoms. The van der Waals surface area contributed by atoms with E-state index in [1.807, 2.05) is 0 Å². The van der Waals surface area contributed by atoms with E-state index < -0.39 is 46.9 Å². The molecule has 4 fully saturated rings. The summed E-state index contributed by atoms with van der Waals surface area (Å²) in [5.41, 5.74) is 5.17. The third-order valence-corrected chi connectivity index (χ3v) is 13.8. The fraction of sp³-hybridized carbons (Fsp3) is 0.853. The van der Waals surface area contributed by atoms with E-state index in [1.165, 1.54) is 12.5 Å². The summed E-state index contributed by atoms with van der Waals surface area (Å²) in [6.45, 7) is 17.7. The van der Waals surface area contributed by atoms with Gasteiger partial charge in [-0.2, -0.15) is 0 Å². The lowest BCUT2D eigenvalue weighted by molar-refractivity contribution is -0.262. The van der Waals surface area contributed by atoms with Gasteiger partial charge in [0.1, 0.15) is 12.2 Å². The smallest absolute Gasteiger partial charge is 0.320 e. The number of allylic oxidation sites excluding steroid dienone is 1. The number of aliphatic carboxylic acids is 1. The highest BCUT2D eigenvalue weighted by Gasteiger charge is 2.72. The number of fused-ring (bicyclic) bond motifs is 3. The first-order chi connectivity index (χ1) is 19.5. The molecule has 5 aliphatic rings. The third kappa shape index (κ3) is 4.17. The fourth-order valence-electron chi connectivity index (χ4n) is 11.3. The van der Waals surface area contributed by atoms with Crippen LogP contribution in [0.15, 0.2) is 11.6 Å². The van der Waals surface area contributed by atoms with Gasteiger partial charge in [0, 0.05) is 17.8 Å². The van der Waals surface area contributed by atoms with Gasteiger partial charge in [-0.1, -0.05) is 60.1 Å². The molecule has 1 heterocycles. The first-order valence-corrected chi connectivity index (χ1v) is 16.1. The van der Waals surface area contributed by atoms with E-state index in [9.17, 15) is 19.5 Å². The minimum absolute atomic E-state index is 0.182. The Labute approximate surface area is 251 Å². The van der Waals surface area contributed by atoms with Gasteiger partial charge in [-0.05, 0) is 78.4 Å². The van der Waals surface area contributed by atoms with E-state index in [1.54, 1.807) is 0 Å². The van der Waals surface area contributed by atoms with Gasteiger partial charge in [0.05, 0.1) is 25.7 Å². The highest BCUT2D eigenvalue weighted by Crippen LogP contribution is 2.75. The lowest BCUT2D eigenvalue weighted by Gasteiger charge is -2.71. The number of hydrogen-bond donors (Lipinski definition) is 2. The zero-order chi connectivity index (χ0) is 31.0. The van der Waals surface area contributed by atoms with Crippen LogP contribution in [-0.4, -0.2) is 55.0 Å². The van der Waals surface area contributed by atoms with Crippen LogP contribution in [0.25, 0.3) is 0 Å². The van der Waals surface area contributed by atoms with Crippen LogP contribution in [0.2, 0.25) is 0 Å². The molecule has 0 radical (unpaired) electrons. The summed E-state index contributed by atoms with van der Waals surface area (Å²) in [6.07, 6.45) is 6.10. The van der Waals surface area contributed by atoms with Crippen molar-refractivity contribution < 1.29 is 33.7 Å². The Kier molecular flexibility index (Phi) is 7.74. The van der Waals surface area contributed by atoms with Gasteiger partial charge in [-0.15, -0.1) is 0 Å². The van der Waals surface area contributed by atoms with Gasteiger partial charge in [-0.3, -0.25) is 14.4 Å². The second-order valence-corrected chi connectivity index (χ2v) is 15.8. The molecule has 5 rings (SSSR count). The van der Waals surface area contributed by atoms with E-state index in [0.29, 0.717) is 32.0 Å². The predicted octanol–water partition coefficient (Wildman–Crippen LogP) is 5.38. The molecule has 4 aliphatic carbocycles. The van der Waals surface area contributed by atoms with E-state index >= 15 is 0 Å². The van der Waals surface area contributed by atoms with E-state index in [-0.39, 0.29) is 40.5 Å². The molecule has 3 N–H and O–H groups in total. The van der Waals surface area contributed by atoms with Crippen molar-refractivity contribution in [3.8, 4) is 0 Å². The maximum absolute atomic E-state index is 13.3. The third-order valence-electron chi connectivity index (χ3n) is 13.8. The van der Waals surface area contributed by atoms with Gasteiger partial charge >= 0.3 is 17.9 Å². The molecule has 2 bridgehead atoms. The molecule has 236 valence electrons. The number of hydrogen-bond acceptors (Lipinski definition) is 7. The minimum Gasteiger partial charge on any atom is -0.481 e. The molecule has 8 nitrogen and oxygen atoms in total. The van der Waals surface area contributed by atoms with Crippen LogP contribution in [0.4, 0.5) is 0 Å². The number of nitrogens with two attached hydrogens (primary N) is 1. The van der Waals surface area contributed by atoms with Crippen molar-refractivity contribution in [3.63, 3.8) is 0 Å². The molecule has 11 atom stereocenters. The van der Waals surface area contributed by atoms with Crippen molar-refractivity contribution >= 4 is 17.9 Å². The van der Waals surface area contributed by atoms with Crippen LogP contribution < -0.4 is 5.73 Å². The standard InChI is InChI=1S/C34H53NO7/c1-19(2)20(3)30(5)13-14-32(7)22-9-10-25-31(6)17-40-18-34(25,23(22)11-12-33(32,8)27(30)29(38)39)15-24(41-21(4)36)28(31)42-26(37)16-35/h11,19-20,22,24-25,27-28H,9-10,12-18,35H2,1-8H3,(H,38,39)/t20-,22+,24-,25+,27-,28+,30-,31+,32-,33+,34-/m1/s1. The highest BCUT2D eigenvalue weighted by atomic mass is 16.6. The molecular formula is C34H53NO7. The summed E-state index contributed by atoms with van der Waals surface area (Å²) < 4.78 is 18.3. The van der Waals surface area contributed by atoms with Gasteiger partial charge in [0.15, 0.2) is 0 Å². The molecule has 0 aromatic heterocycles. The molecule has 1 aliphatic heterocycles. The zero-order valence-corrected chi connectivity index (χ0v) is 27.0. The summed E-state index contributed by atoms with van der Waals surface area (Å²) >= 11 is 0.